The average Bonchev–Trinajstić information content (AvgIpc) is 3.30. The summed E-state index contributed by atoms with van der Waals surface area (Å²) in [7, 11) is 0. The molecule has 0 radical (unpaired) electrons. The van der Waals surface area contributed by atoms with E-state index < -0.39 is 23.6 Å². The molecule has 0 fully saturated rings. The molecule has 0 spiro atoms. The molecule has 2 N–H and O–H groups in total. The number of halogens is 5. The molecular formula is C24H19F5N2O2S2. The normalized spacial score (nSPS) is 13.8. The maximum atomic E-state index is 13.3. The van der Waals surface area contributed by atoms with Crippen molar-refractivity contribution in [1.82, 2.24) is 9.97 Å². The molecule has 0 atom stereocenters. The van der Waals surface area contributed by atoms with Crippen LogP contribution in [0.25, 0.3) is 32.6 Å². The van der Waals surface area contributed by atoms with E-state index in [-0.39, 0.29) is 10.0 Å². The van der Waals surface area contributed by atoms with Crippen LogP contribution in [-0.4, -0.2) is 32.3 Å². The van der Waals surface area contributed by atoms with Gasteiger partial charge in [0, 0.05) is 19.1 Å². The molecule has 35 heavy (non-hydrogen) atoms. The van der Waals surface area contributed by atoms with Crippen molar-refractivity contribution >= 4 is 55.3 Å². The van der Waals surface area contributed by atoms with Gasteiger partial charge in [0.25, 0.3) is 0 Å². The van der Waals surface area contributed by atoms with E-state index in [9.17, 15) is 32.2 Å². The van der Waals surface area contributed by atoms with Gasteiger partial charge in [-0.15, -0.1) is 22.7 Å². The van der Waals surface area contributed by atoms with Gasteiger partial charge in [-0.2, -0.15) is 22.0 Å². The molecule has 2 aromatic heterocycles. The summed E-state index contributed by atoms with van der Waals surface area (Å²) in [5.41, 5.74) is 4.73. The van der Waals surface area contributed by atoms with Crippen LogP contribution in [-0.2, 0) is 6.42 Å². The highest BCUT2D eigenvalue weighted by Gasteiger charge is 2.34. The Kier molecular flexibility index (Phi) is 6.35. The van der Waals surface area contributed by atoms with Gasteiger partial charge in [-0.3, -0.25) is 0 Å². The van der Waals surface area contributed by atoms with Gasteiger partial charge in [-0.25, -0.2) is 9.97 Å². The van der Waals surface area contributed by atoms with Gasteiger partial charge in [0.2, 0.25) is 5.76 Å². The Morgan fingerprint density at radius 3 is 1.63 bits per heavy atom. The zero-order valence-electron chi connectivity index (χ0n) is 18.7. The SMILES string of the molecule is Cc1cc(Cc2cc(C)c3nc(C=C(O)C(F)(F)F)sc3c2)cc2sc(C=C(O)C(C)(F)F)nc12. The zero-order chi connectivity index (χ0) is 25.7. The number of allylic oxidation sites excluding steroid dienone is 2. The topological polar surface area (TPSA) is 66.2 Å². The summed E-state index contributed by atoms with van der Waals surface area (Å²) in [5, 5.41) is 19.1. The predicted molar refractivity (Wildman–Crippen MR) is 129 cm³/mol. The van der Waals surface area contributed by atoms with E-state index in [0.717, 1.165) is 44.4 Å². The third-order valence-corrected chi connectivity index (χ3v) is 7.09. The minimum absolute atomic E-state index is 0.0542. The first-order valence-electron chi connectivity index (χ1n) is 10.3. The van der Waals surface area contributed by atoms with Crippen LogP contribution < -0.4 is 0 Å². The lowest BCUT2D eigenvalue weighted by molar-refractivity contribution is -0.119. The van der Waals surface area contributed by atoms with Crippen molar-refractivity contribution in [2.24, 2.45) is 0 Å². The lowest BCUT2D eigenvalue weighted by Gasteiger charge is -2.07. The number of thiazole rings is 2. The Morgan fingerprint density at radius 2 is 1.23 bits per heavy atom. The summed E-state index contributed by atoms with van der Waals surface area (Å²) in [5.74, 6) is -6.11. The summed E-state index contributed by atoms with van der Waals surface area (Å²) >= 11 is 2.24. The van der Waals surface area contributed by atoms with Gasteiger partial charge in [0.15, 0.2) is 5.76 Å². The summed E-state index contributed by atoms with van der Waals surface area (Å²) < 4.78 is 66.0. The van der Waals surface area contributed by atoms with Crippen LogP contribution in [0.5, 0.6) is 0 Å². The van der Waals surface area contributed by atoms with E-state index in [2.05, 4.69) is 9.97 Å². The van der Waals surface area contributed by atoms with E-state index >= 15 is 0 Å². The molecule has 11 heteroatoms. The molecule has 0 saturated carbocycles. The lowest BCUT2D eigenvalue weighted by Crippen LogP contribution is -2.12. The largest absolute Gasteiger partial charge is 0.506 e. The third-order valence-electron chi connectivity index (χ3n) is 5.19. The van der Waals surface area contributed by atoms with E-state index in [1.807, 2.05) is 38.1 Å². The van der Waals surface area contributed by atoms with Gasteiger partial charge in [-0.1, -0.05) is 12.1 Å². The summed E-state index contributed by atoms with van der Waals surface area (Å²) in [6.07, 6.45) is -2.74. The first kappa shape index (κ1) is 25.1. The highest BCUT2D eigenvalue weighted by molar-refractivity contribution is 7.19. The van der Waals surface area contributed by atoms with Crippen molar-refractivity contribution in [3.05, 3.63) is 68.1 Å². The number of hydrogen-bond acceptors (Lipinski definition) is 6. The molecule has 0 aliphatic carbocycles. The number of fused-ring (bicyclic) bond motifs is 2. The number of aliphatic hydroxyl groups excluding tert-OH is 2. The standard InChI is InChI=1S/C24H19F5N2O2S2/c1-11-4-13(7-15-21(11)30-19(34-15)9-17(32)23(3,25)26)6-14-5-12(2)22-16(8-14)35-20(31-22)10-18(33)24(27,28)29/h4-5,7-10,32-33H,6H2,1-3H3. The van der Waals surface area contributed by atoms with Crippen molar-refractivity contribution in [3.63, 3.8) is 0 Å². The second kappa shape index (κ2) is 8.87. The van der Waals surface area contributed by atoms with Crippen LogP contribution in [0.4, 0.5) is 22.0 Å². The Labute approximate surface area is 204 Å². The molecule has 2 aromatic carbocycles. The minimum Gasteiger partial charge on any atom is -0.506 e. The molecule has 4 aromatic rings. The van der Waals surface area contributed by atoms with Crippen LogP contribution in [0.15, 0.2) is 35.8 Å². The molecule has 0 bridgehead atoms. The monoisotopic (exact) mass is 526 g/mol. The van der Waals surface area contributed by atoms with Crippen molar-refractivity contribution < 1.29 is 32.2 Å². The van der Waals surface area contributed by atoms with Gasteiger partial charge in [0.1, 0.15) is 10.0 Å². The number of aromatic nitrogens is 2. The Bertz CT molecular complexity index is 1380. The number of benzene rings is 2. The molecule has 4 rings (SSSR count). The van der Waals surface area contributed by atoms with Crippen LogP contribution >= 0.6 is 22.7 Å². The number of nitrogens with zero attached hydrogens (tertiary/aromatic N) is 2. The van der Waals surface area contributed by atoms with E-state index in [0.29, 0.717) is 35.2 Å². The van der Waals surface area contributed by atoms with Gasteiger partial charge in [0.05, 0.1) is 20.4 Å². The quantitative estimate of drug-likeness (QED) is 0.204. The molecule has 184 valence electrons. The fraction of sp³-hybridized carbons (Fsp3) is 0.250. The Morgan fingerprint density at radius 1 is 0.800 bits per heavy atom. The molecule has 0 saturated heterocycles. The number of rotatable bonds is 5. The third kappa shape index (κ3) is 5.46. The molecule has 0 aliphatic heterocycles. The van der Waals surface area contributed by atoms with E-state index in [1.54, 1.807) is 0 Å². The molecule has 0 amide bonds. The number of alkyl halides is 5. The van der Waals surface area contributed by atoms with Crippen molar-refractivity contribution in [1.29, 1.82) is 0 Å². The molecule has 4 nitrogen and oxygen atoms in total. The fourth-order valence-corrected chi connectivity index (χ4v) is 5.67. The highest BCUT2D eigenvalue weighted by atomic mass is 32.1. The van der Waals surface area contributed by atoms with Crippen LogP contribution in [0.1, 0.15) is 39.2 Å². The second-order valence-corrected chi connectivity index (χ2v) is 10.4. The Hall–Kier alpha value is -3.05. The molecule has 0 aliphatic rings. The van der Waals surface area contributed by atoms with Crippen LogP contribution in [0.2, 0.25) is 0 Å². The minimum atomic E-state index is -4.84. The number of hydrogen-bond donors (Lipinski definition) is 2. The van der Waals surface area contributed by atoms with Gasteiger partial charge >= 0.3 is 12.1 Å². The van der Waals surface area contributed by atoms with Crippen molar-refractivity contribution in [3.8, 4) is 0 Å². The molecule has 0 unspecified atom stereocenters. The molecular weight excluding hydrogens is 507 g/mol. The lowest BCUT2D eigenvalue weighted by atomic mass is 10.0. The molecule has 2 heterocycles. The van der Waals surface area contributed by atoms with Gasteiger partial charge < -0.3 is 10.2 Å². The Balaban J connectivity index is 1.66. The number of aliphatic hydroxyl groups is 2. The fourth-order valence-electron chi connectivity index (χ4n) is 3.58. The number of aryl methyl sites for hydroxylation is 2. The first-order chi connectivity index (χ1) is 16.2. The predicted octanol–water partition coefficient (Wildman–Crippen LogP) is 8.13. The van der Waals surface area contributed by atoms with Gasteiger partial charge in [-0.05, 0) is 54.7 Å². The van der Waals surface area contributed by atoms with Crippen molar-refractivity contribution in [2.75, 3.05) is 0 Å². The maximum absolute atomic E-state index is 13.3. The average molecular weight is 527 g/mol. The highest BCUT2D eigenvalue weighted by Crippen LogP contribution is 2.33. The second-order valence-electron chi connectivity index (χ2n) is 8.25. The maximum Gasteiger partial charge on any atom is 0.448 e. The summed E-state index contributed by atoms with van der Waals surface area (Å²) in [6.45, 7) is 4.28. The van der Waals surface area contributed by atoms with Crippen LogP contribution in [0, 0.1) is 13.8 Å². The summed E-state index contributed by atoms with van der Waals surface area (Å²) in [4.78, 5) is 8.56. The van der Waals surface area contributed by atoms with Crippen LogP contribution in [0.3, 0.4) is 0 Å². The first-order valence-corrected chi connectivity index (χ1v) is 11.9. The van der Waals surface area contributed by atoms with E-state index in [4.69, 9.17) is 0 Å². The summed E-state index contributed by atoms with van der Waals surface area (Å²) in [6, 6.07) is 7.59. The zero-order valence-corrected chi connectivity index (χ0v) is 20.3. The van der Waals surface area contributed by atoms with Crippen molar-refractivity contribution in [2.45, 2.75) is 39.3 Å². The smallest absolute Gasteiger partial charge is 0.448 e. The van der Waals surface area contributed by atoms with E-state index in [1.165, 1.54) is 11.3 Å².